The highest BCUT2D eigenvalue weighted by Gasteiger charge is 2.14. The van der Waals surface area contributed by atoms with E-state index in [-0.39, 0.29) is 0 Å². The Morgan fingerprint density at radius 3 is 2.71 bits per heavy atom. The van der Waals surface area contributed by atoms with Gasteiger partial charge in [0, 0.05) is 12.4 Å². The third-order valence-electron chi connectivity index (χ3n) is 2.12. The van der Waals surface area contributed by atoms with Crippen molar-refractivity contribution in [2.45, 2.75) is 0 Å². The highest BCUT2D eigenvalue weighted by molar-refractivity contribution is 7.14. The van der Waals surface area contributed by atoms with Gasteiger partial charge in [-0.25, -0.2) is 9.97 Å². The first-order valence-corrected chi connectivity index (χ1v) is 5.67. The second kappa shape index (κ2) is 3.95. The zero-order valence-corrected chi connectivity index (χ0v) is 9.39. The van der Waals surface area contributed by atoms with Gasteiger partial charge in [0.25, 0.3) is 5.89 Å². The summed E-state index contributed by atoms with van der Waals surface area (Å²) in [5, 5.41) is 6.34. The average Bonchev–Trinajstić information content (AvgIpc) is 2.98. The van der Waals surface area contributed by atoms with E-state index in [0.717, 1.165) is 5.56 Å². The second-order valence-corrected chi connectivity index (χ2v) is 4.14. The molecule has 0 saturated carbocycles. The number of thiophene rings is 1. The second-order valence-electron chi connectivity index (χ2n) is 3.19. The highest BCUT2D eigenvalue weighted by atomic mass is 32.1. The molecule has 0 radical (unpaired) electrons. The fourth-order valence-electron chi connectivity index (χ4n) is 1.34. The lowest BCUT2D eigenvalue weighted by molar-refractivity contribution is 0.432. The van der Waals surface area contributed by atoms with Gasteiger partial charge in [-0.15, -0.1) is 11.3 Å². The fourth-order valence-corrected chi connectivity index (χ4v) is 1.97. The smallest absolute Gasteiger partial charge is 0.261 e. The third-order valence-corrected chi connectivity index (χ3v) is 2.86. The number of rotatable bonds is 2. The van der Waals surface area contributed by atoms with Gasteiger partial charge >= 0.3 is 0 Å². The van der Waals surface area contributed by atoms with Crippen molar-refractivity contribution in [3.63, 3.8) is 0 Å². The van der Waals surface area contributed by atoms with E-state index >= 15 is 0 Å². The molecule has 0 bridgehead atoms. The molecule has 3 rings (SSSR count). The van der Waals surface area contributed by atoms with Gasteiger partial charge in [0.15, 0.2) is 0 Å². The van der Waals surface area contributed by atoms with Crippen molar-refractivity contribution < 1.29 is 4.52 Å². The first-order valence-electron chi connectivity index (χ1n) is 4.79. The van der Waals surface area contributed by atoms with E-state index in [9.17, 15) is 0 Å². The standard InChI is InChI=1S/C10H7N5OS/c11-7-6(2-5-17-7)10-14-9(15-16-10)8-12-3-1-4-13-8/h1-5H,11H2. The summed E-state index contributed by atoms with van der Waals surface area (Å²) in [5.41, 5.74) is 6.52. The summed E-state index contributed by atoms with van der Waals surface area (Å²) in [6.45, 7) is 0. The lowest BCUT2D eigenvalue weighted by Crippen LogP contribution is -1.88. The summed E-state index contributed by atoms with van der Waals surface area (Å²) < 4.78 is 5.13. The fraction of sp³-hybridized carbons (Fsp3) is 0. The van der Waals surface area contributed by atoms with Crippen molar-refractivity contribution in [1.29, 1.82) is 0 Å². The lowest BCUT2D eigenvalue weighted by Gasteiger charge is -1.90. The first-order chi connectivity index (χ1) is 8.34. The Bertz CT molecular complexity index is 633. The Labute approximate surface area is 100 Å². The predicted molar refractivity (Wildman–Crippen MR) is 63.0 cm³/mol. The highest BCUT2D eigenvalue weighted by Crippen LogP contribution is 2.29. The Morgan fingerprint density at radius 1 is 1.18 bits per heavy atom. The molecule has 3 heterocycles. The molecule has 2 N–H and O–H groups in total. The summed E-state index contributed by atoms with van der Waals surface area (Å²) >= 11 is 1.42. The summed E-state index contributed by atoms with van der Waals surface area (Å²) in [5.74, 6) is 1.16. The number of hydrogen-bond acceptors (Lipinski definition) is 7. The molecule has 0 saturated heterocycles. The Kier molecular flexibility index (Phi) is 2.30. The lowest BCUT2D eigenvalue weighted by atomic mass is 10.3. The van der Waals surface area contributed by atoms with Crippen LogP contribution < -0.4 is 5.73 Å². The van der Waals surface area contributed by atoms with Gasteiger partial charge in [-0.1, -0.05) is 5.16 Å². The molecule has 6 nitrogen and oxygen atoms in total. The summed E-state index contributed by atoms with van der Waals surface area (Å²) in [6, 6.07) is 3.56. The van der Waals surface area contributed by atoms with Crippen molar-refractivity contribution >= 4 is 16.3 Å². The molecule has 0 spiro atoms. The van der Waals surface area contributed by atoms with Gasteiger partial charge in [-0.2, -0.15) is 4.98 Å². The van der Waals surface area contributed by atoms with Crippen LogP contribution in [0.15, 0.2) is 34.4 Å². The van der Waals surface area contributed by atoms with Crippen LogP contribution in [0.2, 0.25) is 0 Å². The molecule has 0 aromatic carbocycles. The van der Waals surface area contributed by atoms with Crippen molar-refractivity contribution in [3.05, 3.63) is 29.9 Å². The number of nitrogen functional groups attached to an aromatic ring is 1. The maximum absolute atomic E-state index is 5.78. The van der Waals surface area contributed by atoms with E-state index in [4.69, 9.17) is 10.3 Å². The number of aromatic nitrogens is 4. The van der Waals surface area contributed by atoms with Crippen molar-refractivity contribution in [2.75, 3.05) is 5.73 Å². The maximum Gasteiger partial charge on any atom is 0.261 e. The van der Waals surface area contributed by atoms with Crippen LogP contribution in [0.5, 0.6) is 0 Å². The molecule has 0 amide bonds. The zero-order valence-electron chi connectivity index (χ0n) is 8.57. The van der Waals surface area contributed by atoms with E-state index in [1.54, 1.807) is 18.5 Å². The first kappa shape index (κ1) is 9.91. The van der Waals surface area contributed by atoms with Crippen molar-refractivity contribution in [1.82, 2.24) is 20.1 Å². The Morgan fingerprint density at radius 2 is 2.00 bits per heavy atom. The van der Waals surface area contributed by atoms with E-state index in [1.165, 1.54) is 11.3 Å². The molecule has 84 valence electrons. The van der Waals surface area contributed by atoms with Crippen LogP contribution in [0.4, 0.5) is 5.00 Å². The quantitative estimate of drug-likeness (QED) is 0.740. The molecular weight excluding hydrogens is 238 g/mol. The molecule has 3 aromatic heterocycles. The van der Waals surface area contributed by atoms with Crippen LogP contribution >= 0.6 is 11.3 Å². The minimum absolute atomic E-state index is 0.353. The maximum atomic E-state index is 5.78. The topological polar surface area (TPSA) is 90.7 Å². The molecule has 0 atom stereocenters. The van der Waals surface area contributed by atoms with E-state index in [0.29, 0.717) is 22.5 Å². The number of anilines is 1. The Hall–Kier alpha value is -2.28. The van der Waals surface area contributed by atoms with Crippen LogP contribution in [0.1, 0.15) is 0 Å². The van der Waals surface area contributed by atoms with Gasteiger partial charge < -0.3 is 10.3 Å². The van der Waals surface area contributed by atoms with Crippen LogP contribution in [-0.4, -0.2) is 20.1 Å². The molecule has 0 aliphatic heterocycles. The largest absolute Gasteiger partial charge is 0.390 e. The SMILES string of the molecule is Nc1sccc1-c1nc(-c2ncccn2)no1. The molecule has 0 fully saturated rings. The monoisotopic (exact) mass is 245 g/mol. The van der Waals surface area contributed by atoms with Gasteiger partial charge in [0.05, 0.1) is 10.6 Å². The molecular formula is C10H7N5OS. The van der Waals surface area contributed by atoms with E-state index < -0.39 is 0 Å². The number of nitrogens with zero attached hydrogens (tertiary/aromatic N) is 4. The van der Waals surface area contributed by atoms with Crippen LogP contribution in [0.25, 0.3) is 23.1 Å². The van der Waals surface area contributed by atoms with Gasteiger partial charge in [-0.3, -0.25) is 0 Å². The molecule has 0 unspecified atom stereocenters. The zero-order chi connectivity index (χ0) is 11.7. The third kappa shape index (κ3) is 1.76. The number of nitrogens with two attached hydrogens (primary N) is 1. The van der Waals surface area contributed by atoms with E-state index in [2.05, 4.69) is 20.1 Å². The minimum atomic E-state index is 0.353. The average molecular weight is 245 g/mol. The molecule has 0 aliphatic carbocycles. The molecule has 7 heteroatoms. The van der Waals surface area contributed by atoms with Gasteiger partial charge in [-0.05, 0) is 17.5 Å². The predicted octanol–water partition coefficient (Wildman–Crippen LogP) is 1.84. The van der Waals surface area contributed by atoms with Crippen LogP contribution in [-0.2, 0) is 0 Å². The van der Waals surface area contributed by atoms with Gasteiger partial charge in [0.2, 0.25) is 11.6 Å². The summed E-state index contributed by atoms with van der Waals surface area (Å²) in [6.07, 6.45) is 3.24. The minimum Gasteiger partial charge on any atom is -0.390 e. The number of hydrogen-bond donors (Lipinski definition) is 1. The van der Waals surface area contributed by atoms with E-state index in [1.807, 2.05) is 11.4 Å². The molecule has 0 aliphatic rings. The summed E-state index contributed by atoms with van der Waals surface area (Å²) in [4.78, 5) is 12.3. The summed E-state index contributed by atoms with van der Waals surface area (Å²) in [7, 11) is 0. The van der Waals surface area contributed by atoms with Crippen molar-refractivity contribution in [3.8, 4) is 23.1 Å². The molecule has 17 heavy (non-hydrogen) atoms. The van der Waals surface area contributed by atoms with Crippen molar-refractivity contribution in [2.24, 2.45) is 0 Å². The van der Waals surface area contributed by atoms with Gasteiger partial charge in [0.1, 0.15) is 0 Å². The molecule has 3 aromatic rings. The van der Waals surface area contributed by atoms with Crippen LogP contribution in [0, 0.1) is 0 Å². The Balaban J connectivity index is 2.02. The normalized spacial score (nSPS) is 10.6. The van der Waals surface area contributed by atoms with Crippen LogP contribution in [0.3, 0.4) is 0 Å².